The Morgan fingerprint density at radius 3 is 2.62 bits per heavy atom. The average Bonchev–Trinajstić information content (AvgIpc) is 3.06. The minimum absolute atomic E-state index is 0.0182. The fourth-order valence-electron chi connectivity index (χ4n) is 2.97. The summed E-state index contributed by atoms with van der Waals surface area (Å²) in [6.07, 6.45) is 2.84. The van der Waals surface area contributed by atoms with Gasteiger partial charge in [0.25, 0.3) is 5.91 Å². The number of aromatic nitrogens is 2. The lowest BCUT2D eigenvalue weighted by atomic mass is 10.2. The van der Waals surface area contributed by atoms with E-state index in [-0.39, 0.29) is 11.7 Å². The monoisotopic (exact) mass is 330 g/mol. The van der Waals surface area contributed by atoms with E-state index in [1.54, 1.807) is 12.1 Å². The molecule has 0 radical (unpaired) electrons. The van der Waals surface area contributed by atoms with Gasteiger partial charge >= 0.3 is 0 Å². The van der Waals surface area contributed by atoms with Crippen molar-refractivity contribution < 1.29 is 9.18 Å². The van der Waals surface area contributed by atoms with E-state index in [0.29, 0.717) is 30.9 Å². The van der Waals surface area contributed by atoms with Crippen molar-refractivity contribution in [1.82, 2.24) is 19.6 Å². The molecule has 24 heavy (non-hydrogen) atoms. The SMILES string of the molecule is CCCn1ccc(C(=O)N2CCN(Cc3ccccc3F)CC2)n1. The van der Waals surface area contributed by atoms with Gasteiger partial charge in [0.2, 0.25) is 0 Å². The van der Waals surface area contributed by atoms with Gasteiger partial charge in [-0.1, -0.05) is 25.1 Å². The van der Waals surface area contributed by atoms with Gasteiger partial charge in [-0.3, -0.25) is 14.4 Å². The van der Waals surface area contributed by atoms with Crippen molar-refractivity contribution in [3.63, 3.8) is 0 Å². The third kappa shape index (κ3) is 3.82. The first kappa shape index (κ1) is 16.6. The number of piperazine rings is 1. The van der Waals surface area contributed by atoms with Crippen LogP contribution in [-0.2, 0) is 13.1 Å². The highest BCUT2D eigenvalue weighted by Crippen LogP contribution is 2.13. The van der Waals surface area contributed by atoms with Crippen molar-refractivity contribution in [1.29, 1.82) is 0 Å². The van der Waals surface area contributed by atoms with E-state index in [0.717, 1.165) is 26.1 Å². The van der Waals surface area contributed by atoms with Crippen LogP contribution in [0.5, 0.6) is 0 Å². The highest BCUT2D eigenvalue weighted by Gasteiger charge is 2.24. The van der Waals surface area contributed by atoms with Crippen molar-refractivity contribution >= 4 is 5.91 Å². The van der Waals surface area contributed by atoms with Gasteiger partial charge in [-0.25, -0.2) is 4.39 Å². The summed E-state index contributed by atoms with van der Waals surface area (Å²) in [7, 11) is 0. The number of hydrogen-bond acceptors (Lipinski definition) is 3. The summed E-state index contributed by atoms with van der Waals surface area (Å²) >= 11 is 0. The van der Waals surface area contributed by atoms with E-state index in [9.17, 15) is 9.18 Å². The summed E-state index contributed by atoms with van der Waals surface area (Å²) in [4.78, 5) is 16.5. The highest BCUT2D eigenvalue weighted by atomic mass is 19.1. The molecule has 1 amide bonds. The van der Waals surface area contributed by atoms with Crippen LogP contribution < -0.4 is 0 Å². The number of carbonyl (C=O) groups is 1. The summed E-state index contributed by atoms with van der Waals surface area (Å²) < 4.78 is 15.5. The Labute approximate surface area is 141 Å². The molecule has 0 unspecified atom stereocenters. The van der Waals surface area contributed by atoms with Gasteiger partial charge in [-0.15, -0.1) is 0 Å². The Bertz CT molecular complexity index is 692. The molecule has 1 saturated heterocycles. The highest BCUT2D eigenvalue weighted by molar-refractivity contribution is 5.92. The zero-order chi connectivity index (χ0) is 16.9. The van der Waals surface area contributed by atoms with Crippen LogP contribution in [0.4, 0.5) is 4.39 Å². The van der Waals surface area contributed by atoms with Crippen LogP contribution >= 0.6 is 0 Å². The molecule has 0 spiro atoms. The summed E-state index contributed by atoms with van der Waals surface area (Å²) in [5.74, 6) is -0.187. The third-order valence-electron chi connectivity index (χ3n) is 4.32. The van der Waals surface area contributed by atoms with Gasteiger partial charge in [-0.2, -0.15) is 5.10 Å². The fraction of sp³-hybridized carbons (Fsp3) is 0.444. The fourth-order valence-corrected chi connectivity index (χ4v) is 2.97. The maximum atomic E-state index is 13.7. The number of aryl methyl sites for hydroxylation is 1. The molecular formula is C18H23FN4O. The maximum Gasteiger partial charge on any atom is 0.274 e. The first-order chi connectivity index (χ1) is 11.7. The lowest BCUT2D eigenvalue weighted by Crippen LogP contribution is -2.48. The number of nitrogens with zero attached hydrogens (tertiary/aromatic N) is 4. The van der Waals surface area contributed by atoms with Gasteiger partial charge < -0.3 is 4.90 Å². The van der Waals surface area contributed by atoms with Crippen molar-refractivity contribution in [3.05, 3.63) is 53.6 Å². The van der Waals surface area contributed by atoms with Crippen LogP contribution in [0.1, 0.15) is 29.4 Å². The molecule has 1 aromatic carbocycles. The smallest absolute Gasteiger partial charge is 0.274 e. The molecule has 1 aromatic heterocycles. The molecule has 5 nitrogen and oxygen atoms in total. The van der Waals surface area contributed by atoms with Crippen molar-refractivity contribution in [2.24, 2.45) is 0 Å². The van der Waals surface area contributed by atoms with Gasteiger partial charge in [0, 0.05) is 51.0 Å². The third-order valence-corrected chi connectivity index (χ3v) is 4.32. The molecule has 0 saturated carbocycles. The molecule has 0 bridgehead atoms. The predicted octanol–water partition coefficient (Wildman–Crippen LogP) is 2.39. The second-order valence-corrected chi connectivity index (χ2v) is 6.12. The Morgan fingerprint density at radius 1 is 1.17 bits per heavy atom. The number of hydrogen-bond donors (Lipinski definition) is 0. The second kappa shape index (κ2) is 7.57. The van der Waals surface area contributed by atoms with E-state index in [2.05, 4.69) is 16.9 Å². The molecule has 0 aliphatic carbocycles. The topological polar surface area (TPSA) is 41.4 Å². The van der Waals surface area contributed by atoms with Crippen LogP contribution in [0.3, 0.4) is 0 Å². The molecular weight excluding hydrogens is 307 g/mol. The number of amides is 1. The summed E-state index contributed by atoms with van der Waals surface area (Å²) in [6.45, 7) is 6.27. The minimum Gasteiger partial charge on any atom is -0.335 e. The van der Waals surface area contributed by atoms with Crippen molar-refractivity contribution in [2.75, 3.05) is 26.2 Å². The van der Waals surface area contributed by atoms with Gasteiger partial charge in [0.05, 0.1) is 0 Å². The molecule has 2 aromatic rings. The number of carbonyl (C=O) groups excluding carboxylic acids is 1. The van der Waals surface area contributed by atoms with Crippen molar-refractivity contribution in [2.45, 2.75) is 26.4 Å². The second-order valence-electron chi connectivity index (χ2n) is 6.12. The molecule has 2 heterocycles. The lowest BCUT2D eigenvalue weighted by molar-refractivity contribution is 0.0620. The molecule has 3 rings (SSSR count). The van der Waals surface area contributed by atoms with E-state index >= 15 is 0 Å². The minimum atomic E-state index is -0.169. The van der Waals surface area contributed by atoms with E-state index < -0.39 is 0 Å². The number of benzene rings is 1. The number of rotatable bonds is 5. The molecule has 6 heteroatoms. The van der Waals surface area contributed by atoms with E-state index in [1.807, 2.05) is 27.9 Å². The van der Waals surface area contributed by atoms with Crippen molar-refractivity contribution in [3.8, 4) is 0 Å². The summed E-state index contributed by atoms with van der Waals surface area (Å²) in [5, 5.41) is 4.34. The molecule has 128 valence electrons. The normalized spacial score (nSPS) is 15.7. The Balaban J connectivity index is 1.54. The largest absolute Gasteiger partial charge is 0.335 e. The standard InChI is InChI=1S/C18H23FN4O/c1-2-8-23-9-7-17(20-23)18(24)22-12-10-21(11-13-22)14-15-5-3-4-6-16(15)19/h3-7,9H,2,8,10-14H2,1H3. The van der Waals surface area contributed by atoms with Gasteiger partial charge in [-0.05, 0) is 18.6 Å². The Hall–Kier alpha value is -2.21. The average molecular weight is 330 g/mol. The Kier molecular flexibility index (Phi) is 5.25. The zero-order valence-corrected chi connectivity index (χ0v) is 14.0. The first-order valence-corrected chi connectivity index (χ1v) is 8.46. The lowest BCUT2D eigenvalue weighted by Gasteiger charge is -2.34. The zero-order valence-electron chi connectivity index (χ0n) is 14.0. The van der Waals surface area contributed by atoms with Crippen LogP contribution in [0, 0.1) is 5.82 Å². The van der Waals surface area contributed by atoms with Gasteiger partial charge in [0.15, 0.2) is 0 Å². The van der Waals surface area contributed by atoms with Crippen LogP contribution in [0.25, 0.3) is 0 Å². The summed E-state index contributed by atoms with van der Waals surface area (Å²) in [6, 6.07) is 8.64. The Morgan fingerprint density at radius 2 is 1.92 bits per heavy atom. The molecule has 1 aliphatic heterocycles. The van der Waals surface area contributed by atoms with E-state index in [4.69, 9.17) is 0 Å². The van der Waals surface area contributed by atoms with Crippen LogP contribution in [0.2, 0.25) is 0 Å². The van der Waals surface area contributed by atoms with Gasteiger partial charge in [0.1, 0.15) is 11.5 Å². The maximum absolute atomic E-state index is 13.7. The summed E-state index contributed by atoms with van der Waals surface area (Å²) in [5.41, 5.74) is 1.21. The molecule has 0 N–H and O–H groups in total. The first-order valence-electron chi connectivity index (χ1n) is 8.46. The molecule has 1 fully saturated rings. The quantitative estimate of drug-likeness (QED) is 0.845. The van der Waals surface area contributed by atoms with Crippen LogP contribution in [0.15, 0.2) is 36.5 Å². The number of halogens is 1. The molecule has 1 aliphatic rings. The van der Waals surface area contributed by atoms with E-state index in [1.165, 1.54) is 6.07 Å². The predicted molar refractivity (Wildman–Crippen MR) is 90.1 cm³/mol. The van der Waals surface area contributed by atoms with Crippen LogP contribution in [-0.4, -0.2) is 51.7 Å². The molecule has 0 atom stereocenters.